The van der Waals surface area contributed by atoms with Crippen LogP contribution in [0.1, 0.15) is 18.1 Å². The second-order valence-corrected chi connectivity index (χ2v) is 5.41. The minimum absolute atomic E-state index is 0.00866. The number of nitrogens with two attached hydrogens (primary N) is 1. The Hall–Kier alpha value is -2.33. The van der Waals surface area contributed by atoms with Crippen molar-refractivity contribution in [3.8, 4) is 0 Å². The topological polar surface area (TPSA) is 58.4 Å². The van der Waals surface area contributed by atoms with Crippen molar-refractivity contribution >= 4 is 17.3 Å². The lowest BCUT2D eigenvalue weighted by Crippen LogP contribution is -2.32. The number of carbonyl (C=O) groups excluding carboxylic acids is 1. The van der Waals surface area contributed by atoms with Crippen LogP contribution < -0.4 is 11.1 Å². The molecule has 0 aromatic heterocycles. The Morgan fingerprint density at radius 1 is 1.18 bits per heavy atom. The number of rotatable bonds is 6. The summed E-state index contributed by atoms with van der Waals surface area (Å²) in [5.74, 6) is -0.00866. The van der Waals surface area contributed by atoms with Gasteiger partial charge in [0.1, 0.15) is 0 Å². The Labute approximate surface area is 131 Å². The summed E-state index contributed by atoms with van der Waals surface area (Å²) < 4.78 is 0. The summed E-state index contributed by atoms with van der Waals surface area (Å²) in [5, 5.41) is 2.95. The van der Waals surface area contributed by atoms with Gasteiger partial charge in [0.2, 0.25) is 5.91 Å². The van der Waals surface area contributed by atoms with Crippen LogP contribution >= 0.6 is 0 Å². The fourth-order valence-electron chi connectivity index (χ4n) is 2.34. The van der Waals surface area contributed by atoms with Gasteiger partial charge in [-0.25, -0.2) is 0 Å². The SMILES string of the molecule is CCN(CC(=O)Nc1ccc(N)cc1C)Cc1ccccc1. The van der Waals surface area contributed by atoms with Crippen molar-refractivity contribution in [3.63, 3.8) is 0 Å². The van der Waals surface area contributed by atoms with E-state index in [-0.39, 0.29) is 5.91 Å². The van der Waals surface area contributed by atoms with Gasteiger partial charge < -0.3 is 11.1 Å². The van der Waals surface area contributed by atoms with E-state index in [2.05, 4.69) is 29.3 Å². The van der Waals surface area contributed by atoms with E-state index >= 15 is 0 Å². The maximum Gasteiger partial charge on any atom is 0.238 e. The zero-order valence-corrected chi connectivity index (χ0v) is 13.2. The number of hydrogen-bond acceptors (Lipinski definition) is 3. The molecule has 0 aliphatic carbocycles. The van der Waals surface area contributed by atoms with Crippen LogP contribution in [0.3, 0.4) is 0 Å². The molecular weight excluding hydrogens is 274 g/mol. The Balaban J connectivity index is 1.94. The van der Waals surface area contributed by atoms with Crippen LogP contribution in [-0.2, 0) is 11.3 Å². The molecule has 0 heterocycles. The van der Waals surface area contributed by atoms with Gasteiger partial charge in [-0.3, -0.25) is 9.69 Å². The quantitative estimate of drug-likeness (QED) is 0.806. The second-order valence-electron chi connectivity index (χ2n) is 5.41. The number of nitrogens with one attached hydrogen (secondary N) is 1. The molecule has 0 bridgehead atoms. The van der Waals surface area contributed by atoms with Crippen LogP contribution in [0.4, 0.5) is 11.4 Å². The third-order valence-corrected chi connectivity index (χ3v) is 3.59. The van der Waals surface area contributed by atoms with E-state index < -0.39 is 0 Å². The summed E-state index contributed by atoms with van der Waals surface area (Å²) in [4.78, 5) is 14.3. The van der Waals surface area contributed by atoms with E-state index in [4.69, 9.17) is 5.73 Å². The molecule has 22 heavy (non-hydrogen) atoms. The molecule has 0 aliphatic rings. The molecular formula is C18H23N3O. The van der Waals surface area contributed by atoms with E-state index in [1.807, 2.05) is 37.3 Å². The molecule has 0 radical (unpaired) electrons. The minimum Gasteiger partial charge on any atom is -0.399 e. The summed E-state index contributed by atoms with van der Waals surface area (Å²) in [6.07, 6.45) is 0. The van der Waals surface area contributed by atoms with Gasteiger partial charge in [-0.1, -0.05) is 37.3 Å². The molecule has 116 valence electrons. The number of nitrogens with zero attached hydrogens (tertiary/aromatic N) is 1. The molecule has 3 N–H and O–H groups in total. The normalized spacial score (nSPS) is 10.7. The van der Waals surface area contributed by atoms with Gasteiger partial charge in [0, 0.05) is 17.9 Å². The average Bonchev–Trinajstić information content (AvgIpc) is 2.50. The monoisotopic (exact) mass is 297 g/mol. The number of carbonyl (C=O) groups is 1. The summed E-state index contributed by atoms with van der Waals surface area (Å²) >= 11 is 0. The molecule has 0 fully saturated rings. The van der Waals surface area contributed by atoms with E-state index in [1.54, 1.807) is 6.07 Å². The highest BCUT2D eigenvalue weighted by Crippen LogP contribution is 2.17. The van der Waals surface area contributed by atoms with Crippen LogP contribution in [0.15, 0.2) is 48.5 Å². The van der Waals surface area contributed by atoms with Crippen LogP contribution in [0.2, 0.25) is 0 Å². The predicted molar refractivity (Wildman–Crippen MR) is 91.6 cm³/mol. The van der Waals surface area contributed by atoms with Gasteiger partial charge in [0.25, 0.3) is 0 Å². The van der Waals surface area contributed by atoms with Crippen LogP contribution in [0.5, 0.6) is 0 Å². The zero-order chi connectivity index (χ0) is 15.9. The van der Waals surface area contributed by atoms with Gasteiger partial charge in [0.05, 0.1) is 6.54 Å². The molecule has 4 heteroatoms. The highest BCUT2D eigenvalue weighted by Gasteiger charge is 2.11. The van der Waals surface area contributed by atoms with E-state index in [9.17, 15) is 4.79 Å². The van der Waals surface area contributed by atoms with Crippen molar-refractivity contribution in [3.05, 3.63) is 59.7 Å². The number of benzene rings is 2. The lowest BCUT2D eigenvalue weighted by atomic mass is 10.2. The Bertz CT molecular complexity index is 625. The number of anilines is 2. The molecule has 0 saturated carbocycles. The standard InChI is InChI=1S/C18H23N3O/c1-3-21(12-15-7-5-4-6-8-15)13-18(22)20-17-10-9-16(19)11-14(17)2/h4-11H,3,12-13,19H2,1-2H3,(H,20,22). The lowest BCUT2D eigenvalue weighted by Gasteiger charge is -2.20. The van der Waals surface area contributed by atoms with E-state index in [0.29, 0.717) is 12.2 Å². The molecule has 0 spiro atoms. The first-order valence-electron chi connectivity index (χ1n) is 7.50. The first kappa shape index (κ1) is 16.0. The first-order chi connectivity index (χ1) is 10.6. The summed E-state index contributed by atoms with van der Waals surface area (Å²) in [6, 6.07) is 15.7. The third-order valence-electron chi connectivity index (χ3n) is 3.59. The van der Waals surface area contributed by atoms with Crippen molar-refractivity contribution in [2.45, 2.75) is 20.4 Å². The van der Waals surface area contributed by atoms with E-state index in [1.165, 1.54) is 5.56 Å². The highest BCUT2D eigenvalue weighted by molar-refractivity contribution is 5.93. The molecule has 2 aromatic carbocycles. The third kappa shape index (κ3) is 4.60. The lowest BCUT2D eigenvalue weighted by molar-refractivity contribution is -0.117. The molecule has 2 rings (SSSR count). The molecule has 2 aromatic rings. The van der Waals surface area contributed by atoms with Gasteiger partial charge in [-0.05, 0) is 42.8 Å². The van der Waals surface area contributed by atoms with Gasteiger partial charge in [0.15, 0.2) is 0 Å². The Morgan fingerprint density at radius 2 is 1.91 bits per heavy atom. The summed E-state index contributed by atoms with van der Waals surface area (Å²) in [5.41, 5.74) is 9.42. The van der Waals surface area contributed by atoms with Gasteiger partial charge >= 0.3 is 0 Å². The molecule has 0 unspecified atom stereocenters. The second kappa shape index (κ2) is 7.61. The predicted octanol–water partition coefficient (Wildman–Crippen LogP) is 3.04. The number of amides is 1. The number of hydrogen-bond donors (Lipinski definition) is 2. The molecule has 0 atom stereocenters. The number of nitrogen functional groups attached to an aromatic ring is 1. The van der Waals surface area contributed by atoms with Crippen LogP contribution in [0, 0.1) is 6.92 Å². The summed E-state index contributed by atoms with van der Waals surface area (Å²) in [7, 11) is 0. The summed E-state index contributed by atoms with van der Waals surface area (Å²) in [6.45, 7) is 5.96. The van der Waals surface area contributed by atoms with Crippen LogP contribution in [0.25, 0.3) is 0 Å². The smallest absolute Gasteiger partial charge is 0.238 e. The van der Waals surface area contributed by atoms with Gasteiger partial charge in [-0.2, -0.15) is 0 Å². The fourth-order valence-corrected chi connectivity index (χ4v) is 2.34. The maximum atomic E-state index is 12.2. The van der Waals surface area contributed by atoms with Crippen molar-refractivity contribution in [1.29, 1.82) is 0 Å². The number of likely N-dealkylation sites (N-methyl/N-ethyl adjacent to an activating group) is 1. The fraction of sp³-hybridized carbons (Fsp3) is 0.278. The zero-order valence-electron chi connectivity index (χ0n) is 13.2. The Morgan fingerprint density at radius 3 is 2.55 bits per heavy atom. The van der Waals surface area contributed by atoms with Crippen molar-refractivity contribution in [2.24, 2.45) is 0 Å². The average molecular weight is 297 g/mol. The Kier molecular flexibility index (Phi) is 5.55. The van der Waals surface area contributed by atoms with Gasteiger partial charge in [-0.15, -0.1) is 0 Å². The van der Waals surface area contributed by atoms with Crippen molar-refractivity contribution in [1.82, 2.24) is 4.90 Å². The van der Waals surface area contributed by atoms with Crippen LogP contribution in [-0.4, -0.2) is 23.9 Å². The largest absolute Gasteiger partial charge is 0.399 e. The minimum atomic E-state index is -0.00866. The molecule has 4 nitrogen and oxygen atoms in total. The molecule has 0 aliphatic heterocycles. The molecule has 1 amide bonds. The van der Waals surface area contributed by atoms with Crippen molar-refractivity contribution < 1.29 is 4.79 Å². The first-order valence-corrected chi connectivity index (χ1v) is 7.50. The highest BCUT2D eigenvalue weighted by atomic mass is 16.2. The van der Waals surface area contributed by atoms with Crippen molar-refractivity contribution in [2.75, 3.05) is 24.1 Å². The number of aryl methyl sites for hydroxylation is 1. The van der Waals surface area contributed by atoms with E-state index in [0.717, 1.165) is 24.3 Å². The maximum absolute atomic E-state index is 12.2. The molecule has 0 saturated heterocycles.